The Morgan fingerprint density at radius 3 is 2.38 bits per heavy atom. The number of sulfone groups is 1. The van der Waals surface area contributed by atoms with Gasteiger partial charge in [-0.05, 0) is 32.4 Å². The van der Waals surface area contributed by atoms with Crippen LogP contribution in [0, 0.1) is 6.92 Å². The van der Waals surface area contributed by atoms with Crippen molar-refractivity contribution in [1.29, 1.82) is 0 Å². The number of nitrogens with zero attached hydrogens (tertiary/aromatic N) is 1. The molecule has 4 heteroatoms. The van der Waals surface area contributed by atoms with Crippen LogP contribution in [0.4, 0.5) is 0 Å². The van der Waals surface area contributed by atoms with Gasteiger partial charge in [-0.15, -0.1) is 0 Å². The Morgan fingerprint density at radius 2 is 1.92 bits per heavy atom. The van der Waals surface area contributed by atoms with Gasteiger partial charge >= 0.3 is 0 Å². The minimum atomic E-state index is -3.16. The van der Waals surface area contributed by atoms with E-state index in [-0.39, 0.29) is 0 Å². The van der Waals surface area contributed by atoms with Gasteiger partial charge in [0, 0.05) is 12.4 Å². The van der Waals surface area contributed by atoms with E-state index in [0.29, 0.717) is 4.90 Å². The summed E-state index contributed by atoms with van der Waals surface area (Å²) >= 11 is 0. The van der Waals surface area contributed by atoms with Gasteiger partial charge in [0.25, 0.3) is 0 Å². The Kier molecular flexibility index (Phi) is 2.71. The van der Waals surface area contributed by atoms with E-state index in [1.54, 1.807) is 26.1 Å². The second-order valence-electron chi connectivity index (χ2n) is 3.29. The normalized spacial score (nSPS) is 12.0. The van der Waals surface area contributed by atoms with Gasteiger partial charge in [-0.3, -0.25) is 4.98 Å². The van der Waals surface area contributed by atoms with Crippen LogP contribution in [0.1, 0.15) is 19.4 Å². The molecule has 0 amide bonds. The fourth-order valence-electron chi connectivity index (χ4n) is 0.955. The van der Waals surface area contributed by atoms with Gasteiger partial charge in [-0.25, -0.2) is 8.42 Å². The lowest BCUT2D eigenvalue weighted by Crippen LogP contribution is -2.14. The van der Waals surface area contributed by atoms with Crippen LogP contribution in [0.5, 0.6) is 0 Å². The number of aromatic nitrogens is 1. The molecule has 0 saturated heterocycles. The van der Waals surface area contributed by atoms with Gasteiger partial charge in [0.2, 0.25) is 0 Å². The molecule has 0 atom stereocenters. The molecule has 0 unspecified atom stereocenters. The smallest absolute Gasteiger partial charge is 0.182 e. The van der Waals surface area contributed by atoms with Gasteiger partial charge in [0.1, 0.15) is 0 Å². The van der Waals surface area contributed by atoms with E-state index < -0.39 is 15.1 Å². The summed E-state index contributed by atoms with van der Waals surface area (Å²) in [6, 6.07) is 1.64. The van der Waals surface area contributed by atoms with Crippen LogP contribution in [0.25, 0.3) is 0 Å². The van der Waals surface area contributed by atoms with Gasteiger partial charge in [-0.1, -0.05) is 0 Å². The van der Waals surface area contributed by atoms with Crippen molar-refractivity contribution >= 4 is 9.84 Å². The maximum absolute atomic E-state index is 11.6. The largest absolute Gasteiger partial charge is 0.263 e. The minimum absolute atomic E-state index is 0.308. The summed E-state index contributed by atoms with van der Waals surface area (Å²) in [7, 11) is -3.16. The predicted molar refractivity (Wildman–Crippen MR) is 51.3 cm³/mol. The number of rotatable bonds is 2. The second kappa shape index (κ2) is 3.46. The van der Waals surface area contributed by atoms with Crippen LogP contribution in [0.3, 0.4) is 0 Å². The molecule has 0 saturated carbocycles. The quantitative estimate of drug-likeness (QED) is 0.726. The Labute approximate surface area is 78.7 Å². The lowest BCUT2D eigenvalue weighted by molar-refractivity contribution is 0.587. The molecule has 0 radical (unpaired) electrons. The standard InChI is InChI=1S/C9H13NO2S/c1-7(2)13(11,12)9-4-8(3)5-10-6-9/h4-7H,1-3H3. The van der Waals surface area contributed by atoms with Crippen molar-refractivity contribution in [3.63, 3.8) is 0 Å². The topological polar surface area (TPSA) is 47.0 Å². The number of hydrogen-bond acceptors (Lipinski definition) is 3. The molecule has 1 aromatic rings. The highest BCUT2D eigenvalue weighted by Gasteiger charge is 2.19. The van der Waals surface area contributed by atoms with E-state index in [2.05, 4.69) is 4.98 Å². The van der Waals surface area contributed by atoms with Gasteiger partial charge < -0.3 is 0 Å². The first-order valence-electron chi connectivity index (χ1n) is 4.10. The molecule has 0 aliphatic heterocycles. The van der Waals surface area contributed by atoms with Crippen LogP contribution < -0.4 is 0 Å². The molecule has 0 spiro atoms. The highest BCUT2D eigenvalue weighted by Crippen LogP contribution is 2.15. The predicted octanol–water partition coefficient (Wildman–Crippen LogP) is 1.57. The van der Waals surface area contributed by atoms with E-state index >= 15 is 0 Å². The van der Waals surface area contributed by atoms with Crippen molar-refractivity contribution in [3.05, 3.63) is 24.0 Å². The molecule has 1 heterocycles. The van der Waals surface area contributed by atoms with Crippen LogP contribution >= 0.6 is 0 Å². The monoisotopic (exact) mass is 199 g/mol. The average molecular weight is 199 g/mol. The van der Waals surface area contributed by atoms with E-state index in [9.17, 15) is 8.42 Å². The van der Waals surface area contributed by atoms with E-state index in [1.165, 1.54) is 6.20 Å². The summed E-state index contributed by atoms with van der Waals surface area (Å²) in [4.78, 5) is 4.16. The summed E-state index contributed by atoms with van der Waals surface area (Å²) in [5, 5.41) is -0.393. The first-order valence-corrected chi connectivity index (χ1v) is 5.65. The molecule has 0 aliphatic carbocycles. The third-order valence-corrected chi connectivity index (χ3v) is 3.92. The number of hydrogen-bond donors (Lipinski definition) is 0. The lowest BCUT2D eigenvalue weighted by Gasteiger charge is -2.07. The maximum atomic E-state index is 11.6. The van der Waals surface area contributed by atoms with Crippen LogP contribution in [-0.2, 0) is 9.84 Å². The molecule has 1 rings (SSSR count). The van der Waals surface area contributed by atoms with Crippen molar-refractivity contribution in [2.24, 2.45) is 0 Å². The zero-order chi connectivity index (χ0) is 10.1. The zero-order valence-electron chi connectivity index (χ0n) is 7.98. The molecule has 0 aromatic carbocycles. The fraction of sp³-hybridized carbons (Fsp3) is 0.444. The van der Waals surface area contributed by atoms with Gasteiger partial charge in [0.05, 0.1) is 10.1 Å². The number of aryl methyl sites for hydroxylation is 1. The molecule has 1 aromatic heterocycles. The Balaban J connectivity index is 3.24. The van der Waals surface area contributed by atoms with Crippen LogP contribution in [0.2, 0.25) is 0 Å². The molecule has 0 bridgehead atoms. The van der Waals surface area contributed by atoms with Crippen molar-refractivity contribution in [3.8, 4) is 0 Å². The first kappa shape index (κ1) is 10.2. The summed E-state index contributed by atoms with van der Waals surface area (Å²) in [5.41, 5.74) is 0.863. The summed E-state index contributed by atoms with van der Waals surface area (Å²) in [6.45, 7) is 5.15. The minimum Gasteiger partial charge on any atom is -0.263 e. The zero-order valence-corrected chi connectivity index (χ0v) is 8.80. The molecule has 0 N–H and O–H groups in total. The Bertz CT molecular complexity index is 396. The van der Waals surface area contributed by atoms with E-state index in [1.807, 2.05) is 6.92 Å². The van der Waals surface area contributed by atoms with Crippen molar-refractivity contribution < 1.29 is 8.42 Å². The van der Waals surface area contributed by atoms with E-state index in [4.69, 9.17) is 0 Å². The average Bonchev–Trinajstić information content (AvgIpc) is 2.04. The molecule has 13 heavy (non-hydrogen) atoms. The van der Waals surface area contributed by atoms with Crippen molar-refractivity contribution in [1.82, 2.24) is 4.98 Å². The van der Waals surface area contributed by atoms with E-state index in [0.717, 1.165) is 5.56 Å². The van der Waals surface area contributed by atoms with Gasteiger partial charge in [-0.2, -0.15) is 0 Å². The number of pyridine rings is 1. The molecule has 0 aliphatic rings. The molecular weight excluding hydrogens is 186 g/mol. The molecule has 0 fully saturated rings. The van der Waals surface area contributed by atoms with Crippen molar-refractivity contribution in [2.75, 3.05) is 0 Å². The second-order valence-corrected chi connectivity index (χ2v) is 5.80. The Hall–Kier alpha value is -0.900. The molecular formula is C9H13NO2S. The molecule has 3 nitrogen and oxygen atoms in total. The van der Waals surface area contributed by atoms with Crippen molar-refractivity contribution in [2.45, 2.75) is 30.9 Å². The maximum Gasteiger partial charge on any atom is 0.182 e. The Morgan fingerprint density at radius 1 is 1.31 bits per heavy atom. The van der Waals surface area contributed by atoms with Gasteiger partial charge in [0.15, 0.2) is 9.84 Å². The highest BCUT2D eigenvalue weighted by atomic mass is 32.2. The van der Waals surface area contributed by atoms with Crippen LogP contribution in [0.15, 0.2) is 23.4 Å². The lowest BCUT2D eigenvalue weighted by atomic mass is 10.3. The summed E-state index contributed by atoms with van der Waals surface area (Å²) in [6.07, 6.45) is 3.03. The SMILES string of the molecule is Cc1cncc(S(=O)(=O)C(C)C)c1. The van der Waals surface area contributed by atoms with Crippen LogP contribution in [-0.4, -0.2) is 18.7 Å². The highest BCUT2D eigenvalue weighted by molar-refractivity contribution is 7.92. The first-order chi connectivity index (χ1) is 5.94. The summed E-state index contributed by atoms with van der Waals surface area (Å²) < 4.78 is 23.3. The third-order valence-electron chi connectivity index (χ3n) is 1.80. The fourth-order valence-corrected chi connectivity index (χ4v) is 2.06. The molecule has 72 valence electrons. The summed E-state index contributed by atoms with van der Waals surface area (Å²) in [5.74, 6) is 0. The third kappa shape index (κ3) is 2.06.